The van der Waals surface area contributed by atoms with E-state index in [1.165, 1.54) is 12.8 Å². The van der Waals surface area contributed by atoms with E-state index in [0.29, 0.717) is 30.1 Å². The molecule has 1 unspecified atom stereocenters. The van der Waals surface area contributed by atoms with Gasteiger partial charge in [-0.1, -0.05) is 18.5 Å². The smallest absolute Gasteiger partial charge is 0.158 e. The molecule has 100 valence electrons. The molecule has 1 heterocycles. The van der Waals surface area contributed by atoms with Crippen LogP contribution in [0.3, 0.4) is 0 Å². The first-order valence-corrected chi connectivity index (χ1v) is 6.92. The lowest BCUT2D eigenvalue weighted by molar-refractivity contribution is 0.128. The van der Waals surface area contributed by atoms with E-state index >= 15 is 0 Å². The molecule has 0 bridgehead atoms. The Hall–Kier alpha value is -0.870. The van der Waals surface area contributed by atoms with Crippen molar-refractivity contribution in [1.82, 2.24) is 9.97 Å². The Morgan fingerprint density at radius 3 is 2.94 bits per heavy atom. The van der Waals surface area contributed by atoms with E-state index in [-0.39, 0.29) is 0 Å². The number of aromatic nitrogens is 2. The molecule has 1 N–H and O–H groups in total. The molecule has 5 heteroatoms. The minimum absolute atomic E-state index is 0.407. The van der Waals surface area contributed by atoms with Crippen molar-refractivity contribution in [2.75, 3.05) is 18.5 Å². The molecule has 1 atom stereocenters. The molecule has 1 aliphatic carbocycles. The van der Waals surface area contributed by atoms with E-state index in [1.54, 1.807) is 6.07 Å². The van der Waals surface area contributed by atoms with Crippen LogP contribution in [0.15, 0.2) is 6.07 Å². The summed E-state index contributed by atoms with van der Waals surface area (Å²) < 4.78 is 5.29. The maximum Gasteiger partial charge on any atom is 0.158 e. The monoisotopic (exact) mass is 269 g/mol. The molecule has 1 aromatic rings. The highest BCUT2D eigenvalue weighted by molar-refractivity contribution is 6.29. The molecule has 2 rings (SSSR count). The van der Waals surface area contributed by atoms with Crippen molar-refractivity contribution >= 4 is 17.4 Å². The molecular formula is C13H20ClN3O. The van der Waals surface area contributed by atoms with Crippen LogP contribution < -0.4 is 5.32 Å². The molecule has 1 aliphatic rings. The van der Waals surface area contributed by atoms with Gasteiger partial charge in [-0.05, 0) is 31.6 Å². The van der Waals surface area contributed by atoms with Crippen molar-refractivity contribution < 1.29 is 4.74 Å². The first kappa shape index (κ1) is 13.6. The van der Waals surface area contributed by atoms with Crippen LogP contribution in [0.4, 0.5) is 5.82 Å². The highest BCUT2D eigenvalue weighted by atomic mass is 35.5. The van der Waals surface area contributed by atoms with Gasteiger partial charge in [0.15, 0.2) is 5.82 Å². The standard InChI is InChI=1S/C13H20ClN3O/c1-3-18-8-13-16-11(14)6-12(17-13)15-7-9(2)10-4-5-10/h6,9-10H,3-5,7-8H2,1-2H3,(H,15,16,17). The van der Waals surface area contributed by atoms with Crippen LogP contribution in [0, 0.1) is 11.8 Å². The topological polar surface area (TPSA) is 47.0 Å². The maximum absolute atomic E-state index is 5.97. The minimum Gasteiger partial charge on any atom is -0.374 e. The maximum atomic E-state index is 5.97. The first-order chi connectivity index (χ1) is 8.69. The van der Waals surface area contributed by atoms with E-state index in [1.807, 2.05) is 6.92 Å². The second-order valence-corrected chi connectivity index (χ2v) is 5.21. The Morgan fingerprint density at radius 2 is 2.28 bits per heavy atom. The molecule has 18 heavy (non-hydrogen) atoms. The Balaban J connectivity index is 1.91. The summed E-state index contributed by atoms with van der Waals surface area (Å²) >= 11 is 5.97. The van der Waals surface area contributed by atoms with Gasteiger partial charge in [0, 0.05) is 19.2 Å². The zero-order chi connectivity index (χ0) is 13.0. The lowest BCUT2D eigenvalue weighted by atomic mass is 10.1. The quantitative estimate of drug-likeness (QED) is 0.773. The largest absolute Gasteiger partial charge is 0.374 e. The molecule has 1 fully saturated rings. The third-order valence-corrected chi connectivity index (χ3v) is 3.40. The highest BCUT2D eigenvalue weighted by Gasteiger charge is 2.27. The van der Waals surface area contributed by atoms with Crippen molar-refractivity contribution in [3.8, 4) is 0 Å². The molecule has 1 aromatic heterocycles. The van der Waals surface area contributed by atoms with E-state index in [9.17, 15) is 0 Å². The molecule has 0 spiro atoms. The van der Waals surface area contributed by atoms with Crippen LogP contribution in [-0.2, 0) is 11.3 Å². The van der Waals surface area contributed by atoms with Crippen molar-refractivity contribution in [3.05, 3.63) is 17.0 Å². The van der Waals surface area contributed by atoms with Gasteiger partial charge in [-0.15, -0.1) is 0 Å². The SMILES string of the molecule is CCOCc1nc(Cl)cc(NCC(C)C2CC2)n1. The Kier molecular flexibility index (Phi) is 4.78. The number of nitrogens with zero attached hydrogens (tertiary/aromatic N) is 2. The van der Waals surface area contributed by atoms with E-state index in [4.69, 9.17) is 16.3 Å². The summed E-state index contributed by atoms with van der Waals surface area (Å²) in [6.07, 6.45) is 2.73. The molecule has 0 saturated heterocycles. The number of rotatable bonds is 7. The second-order valence-electron chi connectivity index (χ2n) is 4.82. The summed E-state index contributed by atoms with van der Waals surface area (Å²) in [6, 6.07) is 1.76. The molecule has 0 radical (unpaired) electrons. The average Bonchev–Trinajstić information content (AvgIpc) is 3.17. The predicted octanol–water partition coefficient (Wildman–Crippen LogP) is 3.12. The van der Waals surface area contributed by atoms with Crippen LogP contribution in [0.25, 0.3) is 0 Å². The Morgan fingerprint density at radius 1 is 1.50 bits per heavy atom. The average molecular weight is 270 g/mol. The zero-order valence-corrected chi connectivity index (χ0v) is 11.7. The van der Waals surface area contributed by atoms with Crippen molar-refractivity contribution in [2.24, 2.45) is 11.8 Å². The fourth-order valence-corrected chi connectivity index (χ4v) is 2.11. The van der Waals surface area contributed by atoms with E-state index in [0.717, 1.165) is 18.3 Å². The predicted molar refractivity (Wildman–Crippen MR) is 72.7 cm³/mol. The van der Waals surface area contributed by atoms with Crippen LogP contribution in [-0.4, -0.2) is 23.1 Å². The summed E-state index contributed by atoms with van der Waals surface area (Å²) in [5.74, 6) is 3.00. The van der Waals surface area contributed by atoms with Gasteiger partial charge in [0.25, 0.3) is 0 Å². The van der Waals surface area contributed by atoms with Gasteiger partial charge in [0.05, 0.1) is 0 Å². The number of hydrogen-bond acceptors (Lipinski definition) is 4. The van der Waals surface area contributed by atoms with Crippen molar-refractivity contribution in [3.63, 3.8) is 0 Å². The fourth-order valence-electron chi connectivity index (χ4n) is 1.91. The third kappa shape index (κ3) is 4.10. The number of nitrogens with one attached hydrogen (secondary N) is 1. The number of hydrogen-bond donors (Lipinski definition) is 1. The third-order valence-electron chi connectivity index (χ3n) is 3.21. The van der Waals surface area contributed by atoms with Gasteiger partial charge in [-0.25, -0.2) is 9.97 Å². The van der Waals surface area contributed by atoms with Crippen LogP contribution in [0.5, 0.6) is 0 Å². The summed E-state index contributed by atoms with van der Waals surface area (Å²) in [4.78, 5) is 8.53. The zero-order valence-electron chi connectivity index (χ0n) is 10.9. The fraction of sp³-hybridized carbons (Fsp3) is 0.692. The van der Waals surface area contributed by atoms with Gasteiger partial charge < -0.3 is 10.1 Å². The van der Waals surface area contributed by atoms with E-state index < -0.39 is 0 Å². The summed E-state index contributed by atoms with van der Waals surface area (Å²) in [5.41, 5.74) is 0. The molecule has 0 amide bonds. The number of ether oxygens (including phenoxy) is 1. The molecule has 0 aromatic carbocycles. The number of halogens is 1. The molecule has 4 nitrogen and oxygen atoms in total. The minimum atomic E-state index is 0.407. The first-order valence-electron chi connectivity index (χ1n) is 6.54. The lowest BCUT2D eigenvalue weighted by Gasteiger charge is -2.12. The van der Waals surface area contributed by atoms with E-state index in [2.05, 4.69) is 22.2 Å². The summed E-state index contributed by atoms with van der Waals surface area (Å²) in [6.45, 7) is 6.21. The van der Waals surface area contributed by atoms with Crippen LogP contribution >= 0.6 is 11.6 Å². The number of anilines is 1. The lowest BCUT2D eigenvalue weighted by Crippen LogP contribution is -2.14. The highest BCUT2D eigenvalue weighted by Crippen LogP contribution is 2.36. The van der Waals surface area contributed by atoms with Gasteiger partial charge in [-0.3, -0.25) is 0 Å². The molecule has 0 aliphatic heterocycles. The van der Waals surface area contributed by atoms with Gasteiger partial charge in [-0.2, -0.15) is 0 Å². The second kappa shape index (κ2) is 6.34. The molecule has 1 saturated carbocycles. The van der Waals surface area contributed by atoms with Gasteiger partial charge >= 0.3 is 0 Å². The van der Waals surface area contributed by atoms with Gasteiger partial charge in [0.1, 0.15) is 17.6 Å². The van der Waals surface area contributed by atoms with Crippen LogP contribution in [0.1, 0.15) is 32.5 Å². The summed E-state index contributed by atoms with van der Waals surface area (Å²) in [5, 5.41) is 3.79. The van der Waals surface area contributed by atoms with Crippen LogP contribution in [0.2, 0.25) is 5.15 Å². The Bertz CT molecular complexity index is 396. The summed E-state index contributed by atoms with van der Waals surface area (Å²) in [7, 11) is 0. The van der Waals surface area contributed by atoms with Crippen molar-refractivity contribution in [1.29, 1.82) is 0 Å². The van der Waals surface area contributed by atoms with Gasteiger partial charge in [0.2, 0.25) is 0 Å². The normalized spacial score (nSPS) is 16.6. The van der Waals surface area contributed by atoms with Crippen molar-refractivity contribution in [2.45, 2.75) is 33.3 Å². The molecular weight excluding hydrogens is 250 g/mol. The Labute approximate surface area is 113 Å².